The molecule has 3 N–H and O–H groups in total. The fourth-order valence-electron chi connectivity index (χ4n) is 11.1. The lowest BCUT2D eigenvalue weighted by Crippen LogP contribution is -2.30. The molecule has 17 nitrogen and oxygen atoms in total. The number of ether oxygens (including phenoxy) is 4. The molecule has 106 heavy (non-hydrogen) atoms. The van der Waals surface area contributed by atoms with Gasteiger partial charge in [-0.3, -0.25) is 37.3 Å². The average Bonchev–Trinajstić information content (AvgIpc) is 0.909. The third-order valence-corrected chi connectivity index (χ3v) is 19.3. The Morgan fingerprint density at radius 3 is 0.764 bits per heavy atom. The van der Waals surface area contributed by atoms with Crippen LogP contribution in [0.1, 0.15) is 349 Å². The first-order chi connectivity index (χ1) is 51.7. The molecule has 0 aliphatic heterocycles. The molecule has 0 bridgehead atoms. The van der Waals surface area contributed by atoms with Crippen LogP contribution in [0.2, 0.25) is 0 Å². The van der Waals surface area contributed by atoms with Crippen LogP contribution in [0.15, 0.2) is 122 Å². The number of phosphoric acid groups is 2. The summed E-state index contributed by atoms with van der Waals surface area (Å²) in [5.41, 5.74) is 0. The van der Waals surface area contributed by atoms with Gasteiger partial charge in [0.05, 0.1) is 26.4 Å². The number of carbonyl (C=O) groups excluding carboxylic acids is 4. The van der Waals surface area contributed by atoms with Gasteiger partial charge >= 0.3 is 39.5 Å². The van der Waals surface area contributed by atoms with Crippen molar-refractivity contribution in [1.29, 1.82) is 0 Å². The maximum absolute atomic E-state index is 13.1. The Hall–Kier alpha value is -4.54. The van der Waals surface area contributed by atoms with Gasteiger partial charge in [0, 0.05) is 25.7 Å². The molecule has 0 fully saturated rings. The summed E-state index contributed by atoms with van der Waals surface area (Å²) in [6.07, 6.45) is 87.3. The standard InChI is InChI=1S/C87H150O17P2/c1-5-9-13-17-21-25-29-33-37-39-40-42-46-48-52-56-60-64-68-72-85(90)98-78-83(104-87(92)74-70-66-62-58-54-50-44-36-32-28-24-20-16-12-8-4)80-102-106(95,96)100-76-81(88)75-99-105(93,94)101-79-82(103-86(91)73-69-65-61-57-53-49-43-35-31-27-23-19-15-11-7-3)77-97-84(89)71-67-63-59-55-51-47-45-41-38-34-30-26-22-18-14-10-6-2/h9-10,13-14,21-22,25-26,33-38,40,42-45,47,81-83,88H,5-8,11-12,15-20,23-24,27-32,39,41,46,48-80H2,1-4H3,(H,93,94)(H,95,96)/b13-9-,14-10-,25-21-,26-22-,37-33-,38-34-,42-40-,43-35-,44-36-,47-45-. The average molecular weight is 1530 g/mol. The van der Waals surface area contributed by atoms with E-state index in [9.17, 15) is 43.2 Å². The van der Waals surface area contributed by atoms with Crippen LogP contribution >= 0.6 is 15.6 Å². The van der Waals surface area contributed by atoms with Gasteiger partial charge in [0.25, 0.3) is 0 Å². The molecule has 0 spiro atoms. The van der Waals surface area contributed by atoms with E-state index < -0.39 is 97.5 Å². The highest BCUT2D eigenvalue weighted by molar-refractivity contribution is 7.47. The van der Waals surface area contributed by atoms with E-state index in [1.807, 2.05) is 0 Å². The summed E-state index contributed by atoms with van der Waals surface area (Å²) in [7, 11) is -9.98. The summed E-state index contributed by atoms with van der Waals surface area (Å²) >= 11 is 0. The lowest BCUT2D eigenvalue weighted by atomic mass is 10.1. The fraction of sp³-hybridized carbons (Fsp3) is 0.724. The summed E-state index contributed by atoms with van der Waals surface area (Å²) < 4.78 is 68.7. The number of phosphoric ester groups is 2. The van der Waals surface area contributed by atoms with Crippen LogP contribution in [-0.4, -0.2) is 96.7 Å². The molecule has 0 aliphatic rings. The minimum atomic E-state index is -4.99. The number of unbranched alkanes of at least 4 members (excludes halogenated alkanes) is 32. The van der Waals surface area contributed by atoms with Crippen LogP contribution < -0.4 is 0 Å². The zero-order chi connectivity index (χ0) is 77.4. The van der Waals surface area contributed by atoms with Crippen molar-refractivity contribution in [3.05, 3.63) is 122 Å². The number of hydrogen-bond acceptors (Lipinski definition) is 15. The second-order valence-corrected chi connectivity index (χ2v) is 30.6. The summed E-state index contributed by atoms with van der Waals surface area (Å²) in [5, 5.41) is 10.7. The number of aliphatic hydroxyl groups excluding tert-OH is 1. The number of carbonyl (C=O) groups is 4. The lowest BCUT2D eigenvalue weighted by molar-refractivity contribution is -0.161. The van der Waals surface area contributed by atoms with Gasteiger partial charge in [0.2, 0.25) is 0 Å². The van der Waals surface area contributed by atoms with E-state index in [1.54, 1.807) is 0 Å². The van der Waals surface area contributed by atoms with Gasteiger partial charge in [-0.25, -0.2) is 9.13 Å². The Kier molecular flexibility index (Phi) is 75.2. The molecule has 5 unspecified atom stereocenters. The topological polar surface area (TPSA) is 237 Å². The Bertz CT molecular complexity index is 2480. The molecular weight excluding hydrogens is 1380 g/mol. The van der Waals surface area contributed by atoms with Crippen LogP contribution in [-0.2, 0) is 65.4 Å². The number of rotatable bonds is 78. The third kappa shape index (κ3) is 77.6. The molecule has 0 aromatic carbocycles. The molecule has 0 amide bonds. The van der Waals surface area contributed by atoms with E-state index >= 15 is 0 Å². The van der Waals surface area contributed by atoms with Crippen molar-refractivity contribution in [2.75, 3.05) is 39.6 Å². The largest absolute Gasteiger partial charge is 0.472 e. The Morgan fingerprint density at radius 2 is 0.491 bits per heavy atom. The van der Waals surface area contributed by atoms with Gasteiger partial charge in [-0.2, -0.15) is 0 Å². The van der Waals surface area contributed by atoms with Crippen molar-refractivity contribution >= 4 is 39.5 Å². The van der Waals surface area contributed by atoms with Crippen LogP contribution in [0.4, 0.5) is 0 Å². The molecule has 0 rings (SSSR count). The molecule has 0 saturated carbocycles. The minimum absolute atomic E-state index is 0.0781. The highest BCUT2D eigenvalue weighted by atomic mass is 31.2. The number of aliphatic hydroxyl groups is 1. The molecule has 19 heteroatoms. The quantitative estimate of drug-likeness (QED) is 0.0169. The maximum atomic E-state index is 13.1. The Morgan fingerprint density at radius 1 is 0.274 bits per heavy atom. The second-order valence-electron chi connectivity index (χ2n) is 27.6. The maximum Gasteiger partial charge on any atom is 0.472 e. The fourth-order valence-corrected chi connectivity index (χ4v) is 12.7. The smallest absolute Gasteiger partial charge is 0.462 e. The van der Waals surface area contributed by atoms with Crippen LogP contribution in [0.3, 0.4) is 0 Å². The Labute approximate surface area is 644 Å². The molecule has 0 aromatic heterocycles. The van der Waals surface area contributed by atoms with E-state index in [0.717, 1.165) is 193 Å². The number of esters is 4. The van der Waals surface area contributed by atoms with Crippen LogP contribution in [0, 0.1) is 0 Å². The van der Waals surface area contributed by atoms with Crippen molar-refractivity contribution in [1.82, 2.24) is 0 Å². The van der Waals surface area contributed by atoms with Crippen molar-refractivity contribution in [2.24, 2.45) is 0 Å². The van der Waals surface area contributed by atoms with Crippen molar-refractivity contribution < 1.29 is 80.2 Å². The molecule has 5 atom stereocenters. The summed E-state index contributed by atoms with van der Waals surface area (Å²) in [5.74, 6) is -2.22. The van der Waals surface area contributed by atoms with E-state index in [1.165, 1.54) is 77.0 Å². The number of hydrogen-bond donors (Lipinski definition) is 3. The van der Waals surface area contributed by atoms with E-state index in [4.69, 9.17) is 37.0 Å². The molecule has 0 radical (unpaired) electrons. The van der Waals surface area contributed by atoms with Gasteiger partial charge in [-0.1, -0.05) is 290 Å². The normalized spacial score (nSPS) is 14.4. The van der Waals surface area contributed by atoms with E-state index in [-0.39, 0.29) is 25.7 Å². The zero-order valence-corrected chi connectivity index (χ0v) is 68.6. The number of allylic oxidation sites excluding steroid dienone is 20. The monoisotopic (exact) mass is 1530 g/mol. The van der Waals surface area contributed by atoms with Crippen molar-refractivity contribution in [2.45, 2.75) is 367 Å². The SMILES string of the molecule is CC/C=C\C/C=C\C/C=C\C/C=C\CCCCCCCCC(=O)OCC(COP(=O)(O)OCC(O)COP(=O)(O)OCC(COC(=O)CCCCCC/C=C\C/C=C\C/C=C\C/C=C\CC)OC(=O)CCCCCCC/C=C\CCCCCCCC)OC(=O)CCCCCCC/C=C\CCCCCCCC. The first-order valence-corrected chi connectivity index (χ1v) is 44.8. The Balaban J connectivity index is 5.40. The van der Waals surface area contributed by atoms with Crippen molar-refractivity contribution in [3.8, 4) is 0 Å². The van der Waals surface area contributed by atoms with Crippen molar-refractivity contribution in [3.63, 3.8) is 0 Å². The molecule has 0 heterocycles. The predicted molar refractivity (Wildman–Crippen MR) is 436 cm³/mol. The summed E-state index contributed by atoms with van der Waals surface area (Å²) in [6, 6.07) is 0. The first-order valence-electron chi connectivity index (χ1n) is 41.8. The van der Waals surface area contributed by atoms with Gasteiger partial charge in [0.15, 0.2) is 12.2 Å². The van der Waals surface area contributed by atoms with Gasteiger partial charge in [0.1, 0.15) is 19.3 Å². The second kappa shape index (κ2) is 78.6. The van der Waals surface area contributed by atoms with Crippen LogP contribution in [0.5, 0.6) is 0 Å². The molecule has 0 aromatic rings. The van der Waals surface area contributed by atoms with Gasteiger partial charge < -0.3 is 33.8 Å². The third-order valence-electron chi connectivity index (χ3n) is 17.4. The summed E-state index contributed by atoms with van der Waals surface area (Å²) in [4.78, 5) is 73.2. The summed E-state index contributed by atoms with van der Waals surface area (Å²) in [6.45, 7) is 4.62. The molecular formula is C87H150O17P2. The van der Waals surface area contributed by atoms with E-state index in [2.05, 4.69) is 149 Å². The van der Waals surface area contributed by atoms with E-state index in [0.29, 0.717) is 25.7 Å². The molecule has 0 aliphatic carbocycles. The first kappa shape index (κ1) is 101. The minimum Gasteiger partial charge on any atom is -0.462 e. The van der Waals surface area contributed by atoms with Gasteiger partial charge in [-0.05, 0) is 154 Å². The molecule has 610 valence electrons. The highest BCUT2D eigenvalue weighted by Gasteiger charge is 2.30. The predicted octanol–water partition coefficient (Wildman–Crippen LogP) is 24.7. The van der Waals surface area contributed by atoms with Gasteiger partial charge in [-0.15, -0.1) is 0 Å². The molecule has 0 saturated heterocycles. The highest BCUT2D eigenvalue weighted by Crippen LogP contribution is 2.45. The van der Waals surface area contributed by atoms with Crippen LogP contribution in [0.25, 0.3) is 0 Å². The zero-order valence-electron chi connectivity index (χ0n) is 66.8. The lowest BCUT2D eigenvalue weighted by Gasteiger charge is -2.21.